The molecule has 1 aromatic carbocycles. The molecule has 0 aromatic heterocycles. The molecule has 3 heteroatoms. The summed E-state index contributed by atoms with van der Waals surface area (Å²) in [6.45, 7) is 6.67. The van der Waals surface area contributed by atoms with Crippen molar-refractivity contribution in [1.29, 1.82) is 0 Å². The number of aldehydes is 1. The van der Waals surface area contributed by atoms with Crippen molar-refractivity contribution in [3.8, 4) is 0 Å². The molecule has 1 heterocycles. The molecule has 0 saturated carbocycles. The highest BCUT2D eigenvalue weighted by Gasteiger charge is 2.26. The SMILES string of the molecule is CC(C)C1CCN(c2cc(Br)ccc2C=O)C1. The van der Waals surface area contributed by atoms with Crippen LogP contribution < -0.4 is 4.90 Å². The second kappa shape index (κ2) is 5.21. The van der Waals surface area contributed by atoms with Crippen molar-refractivity contribution in [2.75, 3.05) is 18.0 Å². The van der Waals surface area contributed by atoms with Crippen LogP contribution in [0.5, 0.6) is 0 Å². The number of carbonyl (C=O) groups is 1. The van der Waals surface area contributed by atoms with E-state index in [4.69, 9.17) is 0 Å². The van der Waals surface area contributed by atoms with Crippen LogP contribution in [0.4, 0.5) is 5.69 Å². The summed E-state index contributed by atoms with van der Waals surface area (Å²) in [5.74, 6) is 1.46. The highest BCUT2D eigenvalue weighted by Crippen LogP contribution is 2.31. The van der Waals surface area contributed by atoms with E-state index >= 15 is 0 Å². The summed E-state index contributed by atoms with van der Waals surface area (Å²) >= 11 is 3.47. The third-order valence-electron chi connectivity index (χ3n) is 3.63. The first-order chi connectivity index (χ1) is 8.11. The predicted molar refractivity (Wildman–Crippen MR) is 74.7 cm³/mol. The first-order valence-electron chi connectivity index (χ1n) is 6.11. The summed E-state index contributed by atoms with van der Waals surface area (Å²) in [4.78, 5) is 13.4. The molecule has 0 spiro atoms. The lowest BCUT2D eigenvalue weighted by molar-refractivity contribution is 0.112. The Morgan fingerprint density at radius 1 is 1.47 bits per heavy atom. The Labute approximate surface area is 111 Å². The van der Waals surface area contributed by atoms with Gasteiger partial charge in [0.05, 0.1) is 0 Å². The average Bonchev–Trinajstić information content (AvgIpc) is 2.78. The second-order valence-corrected chi connectivity index (χ2v) is 5.98. The Morgan fingerprint density at radius 3 is 2.82 bits per heavy atom. The molecule has 1 unspecified atom stereocenters. The summed E-state index contributed by atoms with van der Waals surface area (Å²) < 4.78 is 1.03. The number of anilines is 1. The van der Waals surface area contributed by atoms with Gasteiger partial charge in [0.1, 0.15) is 0 Å². The van der Waals surface area contributed by atoms with Crippen molar-refractivity contribution in [3.05, 3.63) is 28.2 Å². The van der Waals surface area contributed by atoms with Crippen molar-refractivity contribution in [3.63, 3.8) is 0 Å². The maximum absolute atomic E-state index is 11.1. The van der Waals surface area contributed by atoms with Gasteiger partial charge in [-0.1, -0.05) is 29.8 Å². The standard InChI is InChI=1S/C14H18BrNO/c1-10(2)11-5-6-16(8-11)14-7-13(15)4-3-12(14)9-17/h3-4,7,9-11H,5-6,8H2,1-2H3. The van der Waals surface area contributed by atoms with E-state index in [1.54, 1.807) is 0 Å². The van der Waals surface area contributed by atoms with Gasteiger partial charge >= 0.3 is 0 Å². The zero-order chi connectivity index (χ0) is 12.4. The van der Waals surface area contributed by atoms with Gasteiger partial charge in [-0.3, -0.25) is 4.79 Å². The fourth-order valence-electron chi connectivity index (χ4n) is 2.44. The second-order valence-electron chi connectivity index (χ2n) is 5.06. The average molecular weight is 296 g/mol. The molecule has 1 aliphatic heterocycles. The zero-order valence-corrected chi connectivity index (χ0v) is 11.9. The lowest BCUT2D eigenvalue weighted by atomic mass is 9.95. The molecule has 1 aromatic rings. The van der Waals surface area contributed by atoms with Crippen molar-refractivity contribution < 1.29 is 4.79 Å². The Bertz CT molecular complexity index is 417. The molecule has 0 aliphatic carbocycles. The largest absolute Gasteiger partial charge is 0.371 e. The Hall–Kier alpha value is -0.830. The number of benzene rings is 1. The Balaban J connectivity index is 2.23. The molecule has 1 aliphatic rings. The van der Waals surface area contributed by atoms with Crippen LogP contribution in [0.25, 0.3) is 0 Å². The van der Waals surface area contributed by atoms with Crippen LogP contribution in [-0.4, -0.2) is 19.4 Å². The third kappa shape index (κ3) is 2.71. The normalized spacial score (nSPS) is 20.0. The molecule has 92 valence electrons. The van der Waals surface area contributed by atoms with Gasteiger partial charge in [-0.05, 0) is 36.5 Å². The van der Waals surface area contributed by atoms with Crippen LogP contribution in [0.1, 0.15) is 30.6 Å². The van der Waals surface area contributed by atoms with Gasteiger partial charge in [-0.15, -0.1) is 0 Å². The predicted octanol–water partition coefficient (Wildman–Crippen LogP) is 3.74. The Kier molecular flexibility index (Phi) is 3.87. The number of hydrogen-bond donors (Lipinski definition) is 0. The molecule has 0 amide bonds. The first kappa shape index (κ1) is 12.6. The molecule has 0 radical (unpaired) electrons. The smallest absolute Gasteiger partial charge is 0.152 e. The van der Waals surface area contributed by atoms with Crippen molar-refractivity contribution in [1.82, 2.24) is 0 Å². The molecule has 0 N–H and O–H groups in total. The van der Waals surface area contributed by atoms with E-state index in [-0.39, 0.29) is 0 Å². The highest BCUT2D eigenvalue weighted by atomic mass is 79.9. The first-order valence-corrected chi connectivity index (χ1v) is 6.90. The third-order valence-corrected chi connectivity index (χ3v) is 4.12. The topological polar surface area (TPSA) is 20.3 Å². The molecule has 1 saturated heterocycles. The summed E-state index contributed by atoms with van der Waals surface area (Å²) in [6, 6.07) is 5.85. The van der Waals surface area contributed by atoms with Crippen LogP contribution in [0, 0.1) is 11.8 Å². The summed E-state index contributed by atoms with van der Waals surface area (Å²) in [5, 5.41) is 0. The zero-order valence-electron chi connectivity index (χ0n) is 10.3. The van der Waals surface area contributed by atoms with E-state index in [1.165, 1.54) is 6.42 Å². The summed E-state index contributed by atoms with van der Waals surface area (Å²) in [7, 11) is 0. The lowest BCUT2D eigenvalue weighted by Gasteiger charge is -2.21. The summed E-state index contributed by atoms with van der Waals surface area (Å²) in [6.07, 6.45) is 2.17. The lowest BCUT2D eigenvalue weighted by Crippen LogP contribution is -2.22. The van der Waals surface area contributed by atoms with E-state index in [2.05, 4.69) is 34.7 Å². The molecule has 0 bridgehead atoms. The van der Waals surface area contributed by atoms with Crippen molar-refractivity contribution in [2.45, 2.75) is 20.3 Å². The van der Waals surface area contributed by atoms with E-state index in [1.807, 2.05) is 18.2 Å². The van der Waals surface area contributed by atoms with E-state index in [0.717, 1.165) is 41.0 Å². The quantitative estimate of drug-likeness (QED) is 0.792. The number of carbonyl (C=O) groups excluding carboxylic acids is 1. The van der Waals surface area contributed by atoms with Crippen LogP contribution in [-0.2, 0) is 0 Å². The fraction of sp³-hybridized carbons (Fsp3) is 0.500. The number of nitrogens with zero attached hydrogens (tertiary/aromatic N) is 1. The maximum atomic E-state index is 11.1. The highest BCUT2D eigenvalue weighted by molar-refractivity contribution is 9.10. The molecule has 2 nitrogen and oxygen atoms in total. The van der Waals surface area contributed by atoms with Crippen LogP contribution in [0.3, 0.4) is 0 Å². The van der Waals surface area contributed by atoms with Gasteiger partial charge < -0.3 is 4.90 Å². The molecular formula is C14H18BrNO. The molecule has 17 heavy (non-hydrogen) atoms. The number of hydrogen-bond acceptors (Lipinski definition) is 2. The fourth-order valence-corrected chi connectivity index (χ4v) is 2.79. The Morgan fingerprint density at radius 2 is 2.24 bits per heavy atom. The van der Waals surface area contributed by atoms with E-state index < -0.39 is 0 Å². The van der Waals surface area contributed by atoms with E-state index in [0.29, 0.717) is 5.92 Å². The molecule has 1 atom stereocenters. The maximum Gasteiger partial charge on any atom is 0.152 e. The van der Waals surface area contributed by atoms with Crippen molar-refractivity contribution in [2.24, 2.45) is 11.8 Å². The number of rotatable bonds is 3. The van der Waals surface area contributed by atoms with Crippen molar-refractivity contribution >= 4 is 27.9 Å². The molecule has 1 fully saturated rings. The monoisotopic (exact) mass is 295 g/mol. The minimum absolute atomic E-state index is 0.715. The minimum atomic E-state index is 0.715. The van der Waals surface area contributed by atoms with Gasteiger partial charge in [0.15, 0.2) is 6.29 Å². The van der Waals surface area contributed by atoms with Gasteiger partial charge in [-0.2, -0.15) is 0 Å². The van der Waals surface area contributed by atoms with Gasteiger partial charge in [0.25, 0.3) is 0 Å². The van der Waals surface area contributed by atoms with Crippen LogP contribution in [0.2, 0.25) is 0 Å². The van der Waals surface area contributed by atoms with Crippen LogP contribution in [0.15, 0.2) is 22.7 Å². The van der Waals surface area contributed by atoms with Gasteiger partial charge in [-0.25, -0.2) is 0 Å². The summed E-state index contributed by atoms with van der Waals surface area (Å²) in [5.41, 5.74) is 1.86. The van der Waals surface area contributed by atoms with Crippen LogP contribution >= 0.6 is 15.9 Å². The number of halogens is 1. The van der Waals surface area contributed by atoms with E-state index in [9.17, 15) is 4.79 Å². The van der Waals surface area contributed by atoms with Gasteiger partial charge in [0, 0.05) is 28.8 Å². The molecule has 2 rings (SSSR count). The van der Waals surface area contributed by atoms with Gasteiger partial charge in [0.2, 0.25) is 0 Å². The molecular weight excluding hydrogens is 278 g/mol. The minimum Gasteiger partial charge on any atom is -0.371 e.